The lowest BCUT2D eigenvalue weighted by Crippen LogP contribution is -2.03. The van der Waals surface area contributed by atoms with Crippen molar-refractivity contribution in [3.63, 3.8) is 0 Å². The monoisotopic (exact) mass is 555 g/mol. The minimum atomic E-state index is -0.904. The molecular weight excluding hydrogens is 518 g/mol. The molecule has 7 nitrogen and oxygen atoms in total. The van der Waals surface area contributed by atoms with Gasteiger partial charge in [-0.05, 0) is 72.2 Å². The molecule has 214 valence electrons. The first-order valence-electron chi connectivity index (χ1n) is 14.1. The molecule has 0 atom stereocenters. The second kappa shape index (κ2) is 14.7. The summed E-state index contributed by atoms with van der Waals surface area (Å²) in [6, 6.07) is 21.9. The van der Waals surface area contributed by atoms with E-state index in [2.05, 4.69) is 13.0 Å². The molecule has 4 rings (SSSR count). The number of aliphatic carboxylic acids is 2. The van der Waals surface area contributed by atoms with Gasteiger partial charge in [0.05, 0.1) is 19.6 Å². The van der Waals surface area contributed by atoms with Crippen molar-refractivity contribution < 1.29 is 29.3 Å². The van der Waals surface area contributed by atoms with E-state index in [-0.39, 0.29) is 12.8 Å². The Bertz CT molecular complexity index is 1490. The van der Waals surface area contributed by atoms with Crippen molar-refractivity contribution in [3.05, 3.63) is 95.2 Å². The van der Waals surface area contributed by atoms with Crippen molar-refractivity contribution in [2.24, 2.45) is 0 Å². The van der Waals surface area contributed by atoms with E-state index in [4.69, 9.17) is 14.6 Å². The van der Waals surface area contributed by atoms with Crippen molar-refractivity contribution in [2.75, 3.05) is 13.2 Å². The molecule has 2 N–H and O–H groups in total. The Balaban J connectivity index is 1.34. The molecule has 0 spiro atoms. The van der Waals surface area contributed by atoms with Crippen molar-refractivity contribution in [2.45, 2.75) is 52.0 Å². The normalized spacial score (nSPS) is 11.2. The van der Waals surface area contributed by atoms with Gasteiger partial charge in [-0.2, -0.15) is 0 Å². The van der Waals surface area contributed by atoms with Crippen LogP contribution in [0.3, 0.4) is 0 Å². The highest BCUT2D eigenvalue weighted by Crippen LogP contribution is 2.28. The standard InChI is InChI=1S/C34H37NO6/c1-2-26-9-3-4-12-31(26)41-22-6-5-21-40-29-18-15-25(16-19-29)14-17-27-10-7-11-30-34(27)28(23-33(38)39)24-35(30)20-8-13-32(36)37/h3-4,7,9-12,14-19,24H,2,5-6,8,13,20-23H2,1H3,(H,36,37)(H,38,39). The van der Waals surface area contributed by atoms with Gasteiger partial charge in [0.1, 0.15) is 11.5 Å². The Morgan fingerprint density at radius 1 is 0.805 bits per heavy atom. The third-order valence-corrected chi connectivity index (χ3v) is 6.90. The summed E-state index contributed by atoms with van der Waals surface area (Å²) in [4.78, 5) is 22.5. The van der Waals surface area contributed by atoms with Crippen LogP contribution < -0.4 is 9.47 Å². The summed E-state index contributed by atoms with van der Waals surface area (Å²) in [6.45, 7) is 3.92. The number of ether oxygens (including phenoxy) is 2. The third kappa shape index (κ3) is 8.48. The number of hydrogen-bond donors (Lipinski definition) is 2. The van der Waals surface area contributed by atoms with Gasteiger partial charge < -0.3 is 24.3 Å². The smallest absolute Gasteiger partial charge is 0.307 e. The summed E-state index contributed by atoms with van der Waals surface area (Å²) in [5.74, 6) is 0.0235. The van der Waals surface area contributed by atoms with Crippen LogP contribution in [0.15, 0.2) is 72.9 Å². The first kappa shape index (κ1) is 29.5. The second-order valence-electron chi connectivity index (χ2n) is 9.92. The predicted octanol–water partition coefficient (Wildman–Crippen LogP) is 7.10. The molecule has 0 saturated carbocycles. The lowest BCUT2D eigenvalue weighted by Gasteiger charge is -2.10. The highest BCUT2D eigenvalue weighted by atomic mass is 16.5. The zero-order chi connectivity index (χ0) is 29.0. The van der Waals surface area contributed by atoms with E-state index in [1.807, 2.05) is 83.6 Å². The van der Waals surface area contributed by atoms with Crippen LogP contribution >= 0.6 is 0 Å². The number of carboxylic acids is 2. The molecule has 41 heavy (non-hydrogen) atoms. The molecule has 0 unspecified atom stereocenters. The van der Waals surface area contributed by atoms with E-state index in [1.54, 1.807) is 0 Å². The number of unbranched alkanes of at least 4 members (excludes halogenated alkanes) is 1. The van der Waals surface area contributed by atoms with Gasteiger partial charge in [0, 0.05) is 30.1 Å². The molecule has 0 aliphatic rings. The quantitative estimate of drug-likeness (QED) is 0.113. The fourth-order valence-corrected chi connectivity index (χ4v) is 4.86. The van der Waals surface area contributed by atoms with Crippen LogP contribution in [0, 0.1) is 0 Å². The van der Waals surface area contributed by atoms with Gasteiger partial charge in [-0.15, -0.1) is 0 Å². The molecule has 1 heterocycles. The maximum atomic E-state index is 11.5. The Hall–Kier alpha value is -4.52. The van der Waals surface area contributed by atoms with Gasteiger partial charge in [0.15, 0.2) is 0 Å². The van der Waals surface area contributed by atoms with E-state index in [1.165, 1.54) is 5.56 Å². The minimum Gasteiger partial charge on any atom is -0.494 e. The first-order valence-corrected chi connectivity index (χ1v) is 14.1. The van der Waals surface area contributed by atoms with Crippen LogP contribution in [0.5, 0.6) is 11.5 Å². The third-order valence-electron chi connectivity index (χ3n) is 6.90. The number of benzene rings is 3. The molecule has 0 amide bonds. The number of carboxylic acid groups (broad SMARTS) is 2. The Morgan fingerprint density at radius 3 is 2.29 bits per heavy atom. The average Bonchev–Trinajstić information content (AvgIpc) is 3.31. The van der Waals surface area contributed by atoms with Crippen LogP contribution in [-0.4, -0.2) is 39.9 Å². The zero-order valence-electron chi connectivity index (χ0n) is 23.4. The molecular formula is C34H37NO6. The fourth-order valence-electron chi connectivity index (χ4n) is 4.86. The number of nitrogens with zero attached hydrogens (tertiary/aromatic N) is 1. The molecule has 0 fully saturated rings. The number of aryl methyl sites for hydroxylation is 2. The number of carbonyl (C=O) groups is 2. The second-order valence-corrected chi connectivity index (χ2v) is 9.92. The van der Waals surface area contributed by atoms with Crippen LogP contribution in [0.1, 0.15) is 54.9 Å². The molecule has 0 saturated heterocycles. The first-order chi connectivity index (χ1) is 19.9. The molecule has 7 heteroatoms. The van der Waals surface area contributed by atoms with E-state index in [0.29, 0.717) is 31.7 Å². The zero-order valence-corrected chi connectivity index (χ0v) is 23.4. The number of aromatic nitrogens is 1. The lowest BCUT2D eigenvalue weighted by atomic mass is 10.0. The summed E-state index contributed by atoms with van der Waals surface area (Å²) >= 11 is 0. The molecule has 4 aromatic rings. The summed E-state index contributed by atoms with van der Waals surface area (Å²) in [7, 11) is 0. The molecule has 0 aliphatic heterocycles. The van der Waals surface area contributed by atoms with Gasteiger partial charge in [-0.1, -0.05) is 61.5 Å². The van der Waals surface area contributed by atoms with Crippen molar-refractivity contribution in [1.82, 2.24) is 4.57 Å². The van der Waals surface area contributed by atoms with E-state index in [0.717, 1.165) is 52.8 Å². The molecule has 1 aromatic heterocycles. The number of fused-ring (bicyclic) bond motifs is 1. The summed E-state index contributed by atoms with van der Waals surface area (Å²) in [5, 5.41) is 19.3. The summed E-state index contributed by atoms with van der Waals surface area (Å²) in [6.07, 6.45) is 9.02. The van der Waals surface area contributed by atoms with Gasteiger partial charge in [0.25, 0.3) is 0 Å². The summed E-state index contributed by atoms with van der Waals surface area (Å²) in [5.41, 5.74) is 4.75. The fraction of sp³-hybridized carbons (Fsp3) is 0.294. The maximum absolute atomic E-state index is 11.5. The van der Waals surface area contributed by atoms with Crippen LogP contribution in [0.2, 0.25) is 0 Å². The van der Waals surface area contributed by atoms with Crippen molar-refractivity contribution in [1.29, 1.82) is 0 Å². The molecule has 0 aliphatic carbocycles. The van der Waals surface area contributed by atoms with E-state index in [9.17, 15) is 14.7 Å². The van der Waals surface area contributed by atoms with Crippen LogP contribution in [0.25, 0.3) is 23.1 Å². The Kier molecular flexibility index (Phi) is 10.6. The highest BCUT2D eigenvalue weighted by Gasteiger charge is 2.14. The largest absolute Gasteiger partial charge is 0.494 e. The number of hydrogen-bond acceptors (Lipinski definition) is 4. The SMILES string of the molecule is CCc1ccccc1OCCCCOc1ccc(C=Cc2cccc3c2c(CC(=O)O)cn3CCCC(=O)O)cc1. The number of rotatable bonds is 16. The molecule has 3 aromatic carbocycles. The van der Waals surface area contributed by atoms with Gasteiger partial charge in [-0.25, -0.2) is 0 Å². The number of para-hydroxylation sites is 1. The predicted molar refractivity (Wildman–Crippen MR) is 162 cm³/mol. The highest BCUT2D eigenvalue weighted by molar-refractivity contribution is 5.96. The van der Waals surface area contributed by atoms with Gasteiger partial charge >= 0.3 is 11.9 Å². The minimum absolute atomic E-state index is 0.0652. The topological polar surface area (TPSA) is 98.0 Å². The Labute approximate surface area is 240 Å². The van der Waals surface area contributed by atoms with E-state index >= 15 is 0 Å². The lowest BCUT2D eigenvalue weighted by molar-refractivity contribution is -0.137. The summed E-state index contributed by atoms with van der Waals surface area (Å²) < 4.78 is 13.8. The average molecular weight is 556 g/mol. The van der Waals surface area contributed by atoms with Crippen LogP contribution in [0.4, 0.5) is 0 Å². The Morgan fingerprint density at radius 2 is 1.56 bits per heavy atom. The van der Waals surface area contributed by atoms with Crippen molar-refractivity contribution in [3.8, 4) is 11.5 Å². The van der Waals surface area contributed by atoms with E-state index < -0.39 is 11.9 Å². The van der Waals surface area contributed by atoms with Crippen LogP contribution in [-0.2, 0) is 29.0 Å². The molecule has 0 bridgehead atoms. The maximum Gasteiger partial charge on any atom is 0.307 e. The van der Waals surface area contributed by atoms with Gasteiger partial charge in [-0.3, -0.25) is 9.59 Å². The van der Waals surface area contributed by atoms with Gasteiger partial charge in [0.2, 0.25) is 0 Å². The molecule has 0 radical (unpaired) electrons. The van der Waals surface area contributed by atoms with Crippen molar-refractivity contribution >= 4 is 35.0 Å².